The Kier molecular flexibility index (Phi) is 5.26. The Balaban J connectivity index is 1.75. The van der Waals surface area contributed by atoms with Crippen molar-refractivity contribution in [1.29, 1.82) is 0 Å². The van der Waals surface area contributed by atoms with Crippen LogP contribution in [0.4, 0.5) is 0 Å². The van der Waals surface area contributed by atoms with Crippen molar-refractivity contribution in [2.75, 3.05) is 13.7 Å². The maximum absolute atomic E-state index is 11.3. The van der Waals surface area contributed by atoms with Gasteiger partial charge in [0.05, 0.1) is 18.4 Å². The first-order valence-electron chi connectivity index (χ1n) is 6.57. The molecular weight excluding hydrogens is 252 g/mol. The fraction of sp³-hybridized carbons (Fsp3) is 0.250. The number of nitrogens with zero attached hydrogens (tertiary/aromatic N) is 1. The molecule has 1 aromatic heterocycles. The Bertz CT molecular complexity index is 538. The van der Waals surface area contributed by atoms with Gasteiger partial charge in [-0.05, 0) is 30.7 Å². The van der Waals surface area contributed by atoms with Gasteiger partial charge in [-0.3, -0.25) is 4.98 Å². The summed E-state index contributed by atoms with van der Waals surface area (Å²) in [6.07, 6.45) is 2.53. The molecule has 0 unspecified atom stereocenters. The van der Waals surface area contributed by atoms with Crippen molar-refractivity contribution in [3.05, 3.63) is 65.5 Å². The highest BCUT2D eigenvalue weighted by atomic mass is 16.5. The number of aromatic nitrogens is 1. The van der Waals surface area contributed by atoms with Crippen molar-refractivity contribution >= 4 is 5.97 Å². The molecule has 4 nitrogen and oxygen atoms in total. The fourth-order valence-corrected chi connectivity index (χ4v) is 1.86. The number of hydrogen-bond acceptors (Lipinski definition) is 4. The predicted octanol–water partition coefficient (Wildman–Crippen LogP) is 2.20. The molecule has 0 bridgehead atoms. The highest BCUT2D eigenvalue weighted by molar-refractivity contribution is 5.88. The number of pyridine rings is 1. The molecule has 0 spiro atoms. The number of esters is 1. The van der Waals surface area contributed by atoms with Gasteiger partial charge >= 0.3 is 5.97 Å². The quantitative estimate of drug-likeness (QED) is 0.646. The maximum atomic E-state index is 11.3. The van der Waals surface area contributed by atoms with E-state index in [1.807, 2.05) is 24.3 Å². The zero-order valence-corrected chi connectivity index (χ0v) is 11.5. The number of benzene rings is 1. The van der Waals surface area contributed by atoms with Gasteiger partial charge < -0.3 is 10.1 Å². The molecule has 4 heteroatoms. The summed E-state index contributed by atoms with van der Waals surface area (Å²) in [6.45, 7) is 1.58. The van der Waals surface area contributed by atoms with E-state index in [2.05, 4.69) is 27.2 Å². The molecule has 0 saturated carbocycles. The molecule has 1 N–H and O–H groups in total. The molecular formula is C16H18N2O2. The van der Waals surface area contributed by atoms with Gasteiger partial charge in [0.15, 0.2) is 0 Å². The second kappa shape index (κ2) is 7.40. The van der Waals surface area contributed by atoms with Crippen molar-refractivity contribution < 1.29 is 9.53 Å². The Labute approximate surface area is 118 Å². The van der Waals surface area contributed by atoms with E-state index in [1.54, 1.807) is 12.3 Å². The lowest BCUT2D eigenvalue weighted by Gasteiger charge is -2.05. The van der Waals surface area contributed by atoms with Crippen LogP contribution >= 0.6 is 0 Å². The first kappa shape index (κ1) is 14.2. The van der Waals surface area contributed by atoms with Gasteiger partial charge in [-0.15, -0.1) is 0 Å². The predicted molar refractivity (Wildman–Crippen MR) is 77.4 cm³/mol. The zero-order valence-electron chi connectivity index (χ0n) is 11.5. The number of hydrogen-bond donors (Lipinski definition) is 1. The van der Waals surface area contributed by atoms with Gasteiger partial charge in [0.25, 0.3) is 0 Å². The number of rotatable bonds is 6. The molecule has 0 radical (unpaired) electrons. The number of methoxy groups -OCH3 is 1. The topological polar surface area (TPSA) is 51.2 Å². The molecule has 0 saturated heterocycles. The summed E-state index contributed by atoms with van der Waals surface area (Å²) in [5.74, 6) is -0.360. The molecule has 0 fully saturated rings. The van der Waals surface area contributed by atoms with Crippen LogP contribution in [0.3, 0.4) is 0 Å². The molecule has 0 atom stereocenters. The minimum atomic E-state index is -0.360. The van der Waals surface area contributed by atoms with Crippen molar-refractivity contribution in [3.63, 3.8) is 0 Å². The summed E-state index contributed by atoms with van der Waals surface area (Å²) in [7, 11) is 1.36. The van der Waals surface area contributed by atoms with E-state index >= 15 is 0 Å². The molecule has 1 heterocycles. The minimum absolute atomic E-state index is 0.360. The Morgan fingerprint density at radius 1 is 1.20 bits per heavy atom. The molecule has 104 valence electrons. The largest absolute Gasteiger partial charge is 0.465 e. The molecule has 0 aliphatic rings. The van der Waals surface area contributed by atoms with Crippen LogP contribution in [0.5, 0.6) is 0 Å². The van der Waals surface area contributed by atoms with Crippen LogP contribution in [0.25, 0.3) is 0 Å². The highest BCUT2D eigenvalue weighted by Crippen LogP contribution is 2.02. The smallest absolute Gasteiger partial charge is 0.339 e. The summed E-state index contributed by atoms with van der Waals surface area (Å²) >= 11 is 0. The first-order valence-corrected chi connectivity index (χ1v) is 6.57. The minimum Gasteiger partial charge on any atom is -0.465 e. The first-order chi connectivity index (χ1) is 9.79. The van der Waals surface area contributed by atoms with E-state index in [4.69, 9.17) is 0 Å². The monoisotopic (exact) mass is 270 g/mol. The molecule has 1 aromatic carbocycles. The lowest BCUT2D eigenvalue weighted by atomic mass is 10.1. The molecule has 0 aliphatic carbocycles. The number of ether oxygens (including phenoxy) is 1. The van der Waals surface area contributed by atoms with Crippen LogP contribution in [0.1, 0.15) is 21.6 Å². The van der Waals surface area contributed by atoms with E-state index in [9.17, 15) is 4.79 Å². The summed E-state index contributed by atoms with van der Waals surface area (Å²) in [4.78, 5) is 15.5. The van der Waals surface area contributed by atoms with Crippen LogP contribution in [0.2, 0.25) is 0 Å². The van der Waals surface area contributed by atoms with Crippen molar-refractivity contribution in [2.24, 2.45) is 0 Å². The van der Waals surface area contributed by atoms with Crippen LogP contribution in [0.15, 0.2) is 48.7 Å². The third-order valence-corrected chi connectivity index (χ3v) is 2.99. The summed E-state index contributed by atoms with van der Waals surface area (Å²) < 4.78 is 4.63. The van der Waals surface area contributed by atoms with Crippen LogP contribution < -0.4 is 5.32 Å². The Morgan fingerprint density at radius 3 is 2.65 bits per heavy atom. The Hall–Kier alpha value is -2.20. The molecule has 2 rings (SSSR count). The fourth-order valence-electron chi connectivity index (χ4n) is 1.86. The van der Waals surface area contributed by atoms with Crippen molar-refractivity contribution in [2.45, 2.75) is 13.0 Å². The SMILES string of the molecule is COC(=O)c1ccc(CNCCc2ccccc2)nc1. The van der Waals surface area contributed by atoms with Crippen LogP contribution in [-0.2, 0) is 17.7 Å². The van der Waals surface area contributed by atoms with Crippen LogP contribution in [0, 0.1) is 0 Å². The molecule has 20 heavy (non-hydrogen) atoms. The second-order valence-corrected chi connectivity index (χ2v) is 4.44. The van der Waals surface area contributed by atoms with E-state index in [0.29, 0.717) is 12.1 Å². The van der Waals surface area contributed by atoms with Crippen molar-refractivity contribution in [3.8, 4) is 0 Å². The van der Waals surface area contributed by atoms with Gasteiger partial charge in [0.1, 0.15) is 0 Å². The lowest BCUT2D eigenvalue weighted by Crippen LogP contribution is -2.17. The summed E-state index contributed by atoms with van der Waals surface area (Å²) in [5, 5.41) is 3.33. The van der Waals surface area contributed by atoms with Gasteiger partial charge in [0.2, 0.25) is 0 Å². The van der Waals surface area contributed by atoms with E-state index in [1.165, 1.54) is 12.7 Å². The average Bonchev–Trinajstić information content (AvgIpc) is 2.52. The standard InChI is InChI=1S/C16H18N2O2/c1-20-16(19)14-7-8-15(18-11-14)12-17-10-9-13-5-3-2-4-6-13/h2-8,11,17H,9-10,12H2,1H3. The summed E-state index contributed by atoms with van der Waals surface area (Å²) in [5.41, 5.74) is 2.69. The van der Waals surface area contributed by atoms with Gasteiger partial charge in [-0.1, -0.05) is 30.3 Å². The number of carbonyl (C=O) groups is 1. The molecule has 2 aromatic rings. The van der Waals surface area contributed by atoms with E-state index in [-0.39, 0.29) is 5.97 Å². The summed E-state index contributed by atoms with van der Waals surface area (Å²) in [6, 6.07) is 13.9. The van der Waals surface area contributed by atoms with Crippen molar-refractivity contribution in [1.82, 2.24) is 10.3 Å². The number of carbonyl (C=O) groups excluding carboxylic acids is 1. The average molecular weight is 270 g/mol. The van der Waals surface area contributed by atoms with Gasteiger partial charge in [-0.2, -0.15) is 0 Å². The molecule has 0 aliphatic heterocycles. The van der Waals surface area contributed by atoms with Crippen LogP contribution in [-0.4, -0.2) is 24.6 Å². The molecule has 0 amide bonds. The second-order valence-electron chi connectivity index (χ2n) is 4.44. The number of nitrogens with one attached hydrogen (secondary N) is 1. The van der Waals surface area contributed by atoms with E-state index in [0.717, 1.165) is 18.7 Å². The normalized spacial score (nSPS) is 10.2. The van der Waals surface area contributed by atoms with Gasteiger partial charge in [-0.25, -0.2) is 4.79 Å². The van der Waals surface area contributed by atoms with E-state index < -0.39 is 0 Å². The highest BCUT2D eigenvalue weighted by Gasteiger charge is 2.04. The Morgan fingerprint density at radius 2 is 2.00 bits per heavy atom. The van der Waals surface area contributed by atoms with Gasteiger partial charge in [0, 0.05) is 12.7 Å². The third kappa shape index (κ3) is 4.17. The third-order valence-electron chi connectivity index (χ3n) is 2.99. The zero-order chi connectivity index (χ0) is 14.2. The maximum Gasteiger partial charge on any atom is 0.339 e. The lowest BCUT2D eigenvalue weighted by molar-refractivity contribution is 0.0600.